The number of hydrogen-bond donors (Lipinski definition) is 0. The van der Waals surface area contributed by atoms with Gasteiger partial charge < -0.3 is 9.47 Å². The summed E-state index contributed by atoms with van der Waals surface area (Å²) >= 11 is 0. The third kappa shape index (κ3) is 4.27. The van der Waals surface area contributed by atoms with Crippen LogP contribution in [0.25, 0.3) is 0 Å². The molecule has 0 amide bonds. The van der Waals surface area contributed by atoms with Crippen molar-refractivity contribution in [2.75, 3.05) is 19.8 Å². The molecule has 4 nitrogen and oxygen atoms in total. The molecule has 2 aromatic rings. The Kier molecular flexibility index (Phi) is 5.86. The zero-order chi connectivity index (χ0) is 15.8. The Morgan fingerprint density at radius 2 is 1.41 bits per heavy atom. The van der Waals surface area contributed by atoms with Gasteiger partial charge in [0.2, 0.25) is 0 Å². The van der Waals surface area contributed by atoms with Crippen LogP contribution in [0.5, 0.6) is 0 Å². The molecule has 0 spiro atoms. The molecule has 4 heteroatoms. The fraction of sp³-hybridized carbons (Fsp3) is 0.222. The summed E-state index contributed by atoms with van der Waals surface area (Å²) in [4.78, 5) is 24.0. The second kappa shape index (κ2) is 8.10. The number of rotatable bonds is 7. The van der Waals surface area contributed by atoms with Crippen molar-refractivity contribution in [3.63, 3.8) is 0 Å². The molecule has 0 heterocycles. The lowest BCUT2D eigenvalue weighted by Crippen LogP contribution is -2.11. The molecular formula is C18H18O4. The van der Waals surface area contributed by atoms with E-state index in [1.807, 2.05) is 25.1 Å². The molecule has 0 N–H and O–H groups in total. The van der Waals surface area contributed by atoms with E-state index in [0.717, 1.165) is 0 Å². The lowest BCUT2D eigenvalue weighted by molar-refractivity contribution is 0.0335. The first kappa shape index (κ1) is 15.9. The molecule has 0 saturated carbocycles. The van der Waals surface area contributed by atoms with Gasteiger partial charge in [-0.15, -0.1) is 0 Å². The largest absolute Gasteiger partial charge is 0.460 e. The molecule has 0 aromatic heterocycles. The summed E-state index contributed by atoms with van der Waals surface area (Å²) in [6.07, 6.45) is 0. The van der Waals surface area contributed by atoms with Crippen molar-refractivity contribution in [3.8, 4) is 0 Å². The monoisotopic (exact) mass is 298 g/mol. The van der Waals surface area contributed by atoms with Gasteiger partial charge in [0.15, 0.2) is 5.78 Å². The average molecular weight is 298 g/mol. The second-order valence-corrected chi connectivity index (χ2v) is 4.61. The molecule has 0 unspecified atom stereocenters. The average Bonchev–Trinajstić information content (AvgIpc) is 2.59. The third-order valence-corrected chi connectivity index (χ3v) is 3.08. The molecule has 2 rings (SSSR count). The molecule has 0 bridgehead atoms. The van der Waals surface area contributed by atoms with Gasteiger partial charge in [0.25, 0.3) is 0 Å². The molecule has 0 saturated heterocycles. The Bertz CT molecular complexity index is 617. The van der Waals surface area contributed by atoms with Gasteiger partial charge in [-0.25, -0.2) is 4.79 Å². The van der Waals surface area contributed by atoms with Crippen LogP contribution in [0.1, 0.15) is 33.2 Å². The van der Waals surface area contributed by atoms with Crippen LogP contribution >= 0.6 is 0 Å². The highest BCUT2D eigenvalue weighted by molar-refractivity contribution is 6.09. The van der Waals surface area contributed by atoms with Gasteiger partial charge in [-0.2, -0.15) is 0 Å². The Morgan fingerprint density at radius 3 is 2.05 bits per heavy atom. The first-order valence-electron chi connectivity index (χ1n) is 7.17. The van der Waals surface area contributed by atoms with Gasteiger partial charge in [0.1, 0.15) is 6.61 Å². The molecule has 0 radical (unpaired) electrons. The number of ether oxygens (including phenoxy) is 2. The number of esters is 1. The zero-order valence-electron chi connectivity index (χ0n) is 12.5. The predicted molar refractivity (Wildman–Crippen MR) is 83.1 cm³/mol. The lowest BCUT2D eigenvalue weighted by atomic mass is 10.0. The zero-order valence-corrected chi connectivity index (χ0v) is 12.5. The Hall–Kier alpha value is -2.46. The van der Waals surface area contributed by atoms with E-state index in [1.54, 1.807) is 36.4 Å². The SMILES string of the molecule is CCOCCOC(=O)c1ccc(C(=O)c2ccccc2)cc1. The highest BCUT2D eigenvalue weighted by Gasteiger charge is 2.11. The molecule has 0 fully saturated rings. The maximum Gasteiger partial charge on any atom is 0.338 e. The van der Waals surface area contributed by atoms with Crippen LogP contribution in [0.4, 0.5) is 0 Å². The predicted octanol–water partition coefficient (Wildman–Crippen LogP) is 3.11. The summed E-state index contributed by atoms with van der Waals surface area (Å²) in [5.74, 6) is -0.490. The lowest BCUT2D eigenvalue weighted by Gasteiger charge is -2.06. The van der Waals surface area contributed by atoms with Crippen LogP contribution < -0.4 is 0 Å². The van der Waals surface area contributed by atoms with Gasteiger partial charge in [-0.3, -0.25) is 4.79 Å². The quantitative estimate of drug-likeness (QED) is 0.448. The first-order chi connectivity index (χ1) is 10.7. The summed E-state index contributed by atoms with van der Waals surface area (Å²) in [5, 5.41) is 0. The van der Waals surface area contributed by atoms with Crippen LogP contribution in [0.15, 0.2) is 54.6 Å². The first-order valence-corrected chi connectivity index (χ1v) is 7.17. The summed E-state index contributed by atoms with van der Waals surface area (Å²) in [6, 6.07) is 15.5. The number of carbonyl (C=O) groups is 2. The van der Waals surface area contributed by atoms with Crippen molar-refractivity contribution in [2.24, 2.45) is 0 Å². The van der Waals surface area contributed by atoms with Crippen molar-refractivity contribution < 1.29 is 19.1 Å². The summed E-state index contributed by atoms with van der Waals surface area (Å²) in [6.45, 7) is 3.07. The smallest absolute Gasteiger partial charge is 0.338 e. The summed E-state index contributed by atoms with van der Waals surface area (Å²) in [5.41, 5.74) is 1.58. The third-order valence-electron chi connectivity index (χ3n) is 3.08. The summed E-state index contributed by atoms with van der Waals surface area (Å²) in [7, 11) is 0. The standard InChI is InChI=1S/C18H18O4/c1-2-21-12-13-22-18(20)16-10-8-15(9-11-16)17(19)14-6-4-3-5-7-14/h3-11H,2,12-13H2,1H3. The van der Waals surface area contributed by atoms with Gasteiger partial charge in [-0.1, -0.05) is 42.5 Å². The minimum absolute atomic E-state index is 0.0723. The van der Waals surface area contributed by atoms with Crippen molar-refractivity contribution in [2.45, 2.75) is 6.92 Å². The van der Waals surface area contributed by atoms with E-state index in [2.05, 4.69) is 0 Å². The second-order valence-electron chi connectivity index (χ2n) is 4.61. The van der Waals surface area contributed by atoms with Gasteiger partial charge in [0, 0.05) is 17.7 Å². The molecule has 2 aromatic carbocycles. The Morgan fingerprint density at radius 1 is 0.818 bits per heavy atom. The fourth-order valence-electron chi connectivity index (χ4n) is 1.93. The van der Waals surface area contributed by atoms with Crippen molar-refractivity contribution in [1.82, 2.24) is 0 Å². The summed E-state index contributed by atoms with van der Waals surface area (Å²) < 4.78 is 10.2. The van der Waals surface area contributed by atoms with Gasteiger partial charge in [0.05, 0.1) is 12.2 Å². The van der Waals surface area contributed by atoms with Crippen LogP contribution in [0, 0.1) is 0 Å². The van der Waals surface area contributed by atoms with E-state index in [0.29, 0.717) is 29.9 Å². The minimum Gasteiger partial charge on any atom is -0.460 e. The minimum atomic E-state index is -0.418. The van der Waals surface area contributed by atoms with Gasteiger partial charge >= 0.3 is 5.97 Å². The highest BCUT2D eigenvalue weighted by Crippen LogP contribution is 2.11. The van der Waals surface area contributed by atoms with E-state index in [1.165, 1.54) is 0 Å². The highest BCUT2D eigenvalue weighted by atomic mass is 16.6. The molecule has 0 aliphatic carbocycles. The molecule has 22 heavy (non-hydrogen) atoms. The van der Waals surface area contributed by atoms with Crippen molar-refractivity contribution in [3.05, 3.63) is 71.3 Å². The topological polar surface area (TPSA) is 52.6 Å². The molecule has 114 valence electrons. The number of ketones is 1. The number of carbonyl (C=O) groups excluding carboxylic acids is 2. The van der Waals surface area contributed by atoms with E-state index < -0.39 is 5.97 Å². The van der Waals surface area contributed by atoms with E-state index in [9.17, 15) is 9.59 Å². The number of benzene rings is 2. The fourth-order valence-corrected chi connectivity index (χ4v) is 1.93. The van der Waals surface area contributed by atoms with Crippen molar-refractivity contribution >= 4 is 11.8 Å². The Labute approximate surface area is 129 Å². The number of hydrogen-bond acceptors (Lipinski definition) is 4. The molecule has 0 atom stereocenters. The van der Waals surface area contributed by atoms with Crippen LogP contribution in [0.3, 0.4) is 0 Å². The van der Waals surface area contributed by atoms with Crippen molar-refractivity contribution in [1.29, 1.82) is 0 Å². The Balaban J connectivity index is 1.98. The van der Waals surface area contributed by atoms with Gasteiger partial charge in [-0.05, 0) is 19.1 Å². The molecule has 0 aliphatic rings. The van der Waals surface area contributed by atoms with Crippen LogP contribution in [-0.2, 0) is 9.47 Å². The maximum absolute atomic E-state index is 12.2. The molecule has 0 aliphatic heterocycles. The maximum atomic E-state index is 12.2. The van der Waals surface area contributed by atoms with E-state index in [-0.39, 0.29) is 12.4 Å². The van der Waals surface area contributed by atoms with Crippen LogP contribution in [0.2, 0.25) is 0 Å². The van der Waals surface area contributed by atoms with E-state index in [4.69, 9.17) is 9.47 Å². The normalized spacial score (nSPS) is 10.2. The molecular weight excluding hydrogens is 280 g/mol. The van der Waals surface area contributed by atoms with Crippen LogP contribution in [-0.4, -0.2) is 31.6 Å². The van der Waals surface area contributed by atoms with E-state index >= 15 is 0 Å².